The molecule has 14 heteroatoms. The van der Waals surface area contributed by atoms with Gasteiger partial charge in [0, 0.05) is 61.0 Å². The van der Waals surface area contributed by atoms with Gasteiger partial charge in [-0.2, -0.15) is 0 Å². The number of carbonyl (C=O) groups is 4. The van der Waals surface area contributed by atoms with Gasteiger partial charge >= 0.3 is 0 Å². The highest BCUT2D eigenvalue weighted by Crippen LogP contribution is 2.47. The average molecular weight is 828 g/mol. The molecule has 2 aliphatic carbocycles. The number of fused-ring (bicyclic) bond motifs is 1. The van der Waals surface area contributed by atoms with Gasteiger partial charge < -0.3 is 24.6 Å². The Morgan fingerprint density at radius 1 is 1.02 bits per heavy atom. The predicted molar refractivity (Wildman–Crippen MR) is 225 cm³/mol. The summed E-state index contributed by atoms with van der Waals surface area (Å²) in [5.74, 6) is -1.82. The second-order valence-electron chi connectivity index (χ2n) is 17.6. The smallest absolute Gasteiger partial charge is 0.262 e. The molecule has 0 radical (unpaired) electrons. The van der Waals surface area contributed by atoms with E-state index in [1.165, 1.54) is 4.90 Å². The van der Waals surface area contributed by atoms with Crippen LogP contribution in [0.5, 0.6) is 11.5 Å². The lowest BCUT2D eigenvalue weighted by Crippen LogP contribution is -2.58. The standard InChI is InChI=1S/C45H57N5O8S/c1-6-30-27-45(30,43(54)50(59(55)56)31-17-11-12-18-31)47-41(52)38-24-33(28-49(38)42(53)35(44(2,3)4)25-40(51)48-21-13-8-14-22-48)58-39-26-36(29-15-9-7-10-16-29)46-37-23-32(57-5)19-20-34(37)39/h6-7,9-10,15-16,19-20,23,26,30-31,33,35,38,59H,1,8,11-14,17-18,21-22,24-25,27-28H2,2-5H3,(H,47,52)/t30-,33-,35-,38+,45-/m1/s1. The predicted octanol–water partition coefficient (Wildman–Crippen LogP) is 5.68. The summed E-state index contributed by atoms with van der Waals surface area (Å²) in [5, 5.41) is 3.68. The first-order chi connectivity index (χ1) is 28.2. The molecule has 13 nitrogen and oxygen atoms in total. The van der Waals surface area contributed by atoms with Gasteiger partial charge in [-0.3, -0.25) is 19.2 Å². The minimum atomic E-state index is -3.26. The molecular weight excluding hydrogens is 771 g/mol. The van der Waals surface area contributed by atoms with Gasteiger partial charge in [-0.25, -0.2) is 17.7 Å². The fraction of sp³-hybridized carbons (Fsp3) is 0.533. The molecule has 316 valence electrons. The fourth-order valence-electron chi connectivity index (χ4n) is 9.17. The van der Waals surface area contributed by atoms with Crippen LogP contribution in [0.4, 0.5) is 0 Å². The summed E-state index contributed by atoms with van der Waals surface area (Å²) < 4.78 is 38.5. The molecule has 4 fully saturated rings. The van der Waals surface area contributed by atoms with E-state index in [0.29, 0.717) is 54.0 Å². The number of aromatic nitrogens is 1. The first-order valence-electron chi connectivity index (χ1n) is 21.0. The Morgan fingerprint density at radius 2 is 1.73 bits per heavy atom. The molecule has 7 rings (SSSR count). The van der Waals surface area contributed by atoms with Crippen LogP contribution in [-0.4, -0.2) is 102 Å². The van der Waals surface area contributed by atoms with Crippen LogP contribution in [0.25, 0.3) is 22.2 Å². The number of nitrogens with zero attached hydrogens (tertiary/aromatic N) is 4. The molecule has 2 aromatic carbocycles. The summed E-state index contributed by atoms with van der Waals surface area (Å²) in [6.45, 7) is 11.0. The molecule has 4 amide bonds. The number of nitrogens with one attached hydrogen (secondary N) is 1. The van der Waals surface area contributed by atoms with Crippen molar-refractivity contribution in [1.82, 2.24) is 24.4 Å². The van der Waals surface area contributed by atoms with E-state index in [9.17, 15) is 27.6 Å². The Morgan fingerprint density at radius 3 is 2.36 bits per heavy atom. The molecule has 2 saturated heterocycles. The highest BCUT2D eigenvalue weighted by molar-refractivity contribution is 7.70. The second-order valence-corrected chi connectivity index (χ2v) is 18.5. The number of amides is 4. The van der Waals surface area contributed by atoms with Crippen molar-refractivity contribution in [2.24, 2.45) is 17.3 Å². The highest BCUT2D eigenvalue weighted by Gasteiger charge is 2.63. The Balaban J connectivity index is 1.23. The number of hydrogen-bond acceptors (Lipinski definition) is 9. The van der Waals surface area contributed by atoms with Crippen molar-refractivity contribution in [3.05, 3.63) is 67.3 Å². The highest BCUT2D eigenvalue weighted by atomic mass is 32.2. The van der Waals surface area contributed by atoms with Gasteiger partial charge in [0.15, 0.2) is 0 Å². The summed E-state index contributed by atoms with van der Waals surface area (Å²) >= 11 is 0. The number of thiol groups is 1. The third-order valence-electron chi connectivity index (χ3n) is 12.7. The third kappa shape index (κ3) is 8.83. The van der Waals surface area contributed by atoms with Crippen molar-refractivity contribution in [2.45, 2.75) is 109 Å². The molecule has 1 N–H and O–H groups in total. The summed E-state index contributed by atoms with van der Waals surface area (Å²) in [6, 6.07) is 15.5. The third-order valence-corrected chi connectivity index (χ3v) is 13.6. The van der Waals surface area contributed by atoms with Crippen LogP contribution in [0.1, 0.15) is 85.0 Å². The van der Waals surface area contributed by atoms with Gasteiger partial charge in [0.2, 0.25) is 28.6 Å². The lowest BCUT2D eigenvalue weighted by atomic mass is 9.77. The number of rotatable bonds is 13. The van der Waals surface area contributed by atoms with E-state index in [2.05, 4.69) is 11.9 Å². The molecule has 0 unspecified atom stereocenters. The number of benzene rings is 2. The number of pyridine rings is 1. The van der Waals surface area contributed by atoms with Gasteiger partial charge in [0.05, 0.1) is 30.8 Å². The maximum Gasteiger partial charge on any atom is 0.262 e. The van der Waals surface area contributed by atoms with Gasteiger partial charge in [-0.05, 0) is 56.1 Å². The van der Waals surface area contributed by atoms with Gasteiger partial charge in [0.25, 0.3) is 5.91 Å². The molecule has 4 aliphatic rings. The van der Waals surface area contributed by atoms with Crippen molar-refractivity contribution < 1.29 is 37.1 Å². The molecule has 0 bridgehead atoms. The van der Waals surface area contributed by atoms with E-state index >= 15 is 0 Å². The van der Waals surface area contributed by atoms with E-state index in [1.54, 1.807) is 13.2 Å². The summed E-state index contributed by atoms with van der Waals surface area (Å²) in [5.41, 5.74) is 0.0211. The molecular formula is C45H57N5O8S. The SMILES string of the molecule is C=C[C@@H]1C[C@]1(NC(=O)[C@@H]1C[C@@H](Oc2cc(-c3ccccc3)nc3cc(OC)ccc23)CN1C(=O)[C@@H](CC(=O)N1CCCCC1)C(C)(C)C)C(=O)N(C1CCCC1)[SH](=O)=O. The zero-order valence-corrected chi connectivity index (χ0v) is 35.5. The lowest BCUT2D eigenvalue weighted by Gasteiger charge is -2.36. The van der Waals surface area contributed by atoms with Crippen molar-refractivity contribution in [3.63, 3.8) is 0 Å². The summed E-state index contributed by atoms with van der Waals surface area (Å²) in [4.78, 5) is 65.9. The zero-order chi connectivity index (χ0) is 42.1. The normalized spacial score (nSPS) is 23.8. The monoisotopic (exact) mass is 827 g/mol. The van der Waals surface area contributed by atoms with Crippen LogP contribution in [0.3, 0.4) is 0 Å². The van der Waals surface area contributed by atoms with E-state index in [4.69, 9.17) is 14.5 Å². The first-order valence-corrected chi connectivity index (χ1v) is 22.1. The molecule has 0 spiro atoms. The van der Waals surface area contributed by atoms with Crippen molar-refractivity contribution in [2.75, 3.05) is 26.7 Å². The molecule has 5 atom stereocenters. The molecule has 3 aromatic rings. The summed E-state index contributed by atoms with van der Waals surface area (Å²) in [6.07, 6.45) is 6.81. The van der Waals surface area contributed by atoms with Crippen LogP contribution in [0.2, 0.25) is 0 Å². The maximum absolute atomic E-state index is 15.0. The van der Waals surface area contributed by atoms with Crippen molar-refractivity contribution >= 4 is 45.4 Å². The minimum Gasteiger partial charge on any atom is -0.497 e. The molecule has 1 aromatic heterocycles. The summed E-state index contributed by atoms with van der Waals surface area (Å²) in [7, 11) is -1.68. The van der Waals surface area contributed by atoms with Gasteiger partial charge in [-0.1, -0.05) is 70.0 Å². The Bertz CT molecular complexity index is 2150. The number of ether oxygens (including phenoxy) is 2. The topological polar surface area (TPSA) is 156 Å². The minimum absolute atomic E-state index is 0.0101. The van der Waals surface area contributed by atoms with Crippen molar-refractivity contribution in [3.8, 4) is 22.8 Å². The Kier molecular flexibility index (Phi) is 12.4. The molecule has 59 heavy (non-hydrogen) atoms. The average Bonchev–Trinajstić information content (AvgIpc) is 3.49. The van der Waals surface area contributed by atoms with Gasteiger partial charge in [-0.15, -0.1) is 6.58 Å². The zero-order valence-electron chi connectivity index (χ0n) is 34.6. The first kappa shape index (κ1) is 42.2. The largest absolute Gasteiger partial charge is 0.497 e. The number of piperidine rings is 1. The number of carbonyl (C=O) groups excluding carboxylic acids is 4. The fourth-order valence-corrected chi connectivity index (χ4v) is 9.99. The maximum atomic E-state index is 15.0. The van der Waals surface area contributed by atoms with E-state index in [-0.39, 0.29) is 37.6 Å². The second kappa shape index (κ2) is 17.3. The van der Waals surface area contributed by atoms with E-state index < -0.39 is 63.7 Å². The quantitative estimate of drug-likeness (QED) is 0.164. The van der Waals surface area contributed by atoms with Gasteiger partial charge in [0.1, 0.15) is 29.2 Å². The Hall–Kier alpha value is -4.98. The molecule has 2 saturated carbocycles. The van der Waals surface area contributed by atoms with Crippen LogP contribution in [0, 0.1) is 17.3 Å². The molecule has 2 aliphatic heterocycles. The van der Waals surface area contributed by atoms with Crippen LogP contribution in [-0.2, 0) is 30.1 Å². The van der Waals surface area contributed by atoms with Crippen LogP contribution >= 0.6 is 0 Å². The van der Waals surface area contributed by atoms with E-state index in [1.807, 2.05) is 80.3 Å². The van der Waals surface area contributed by atoms with Crippen LogP contribution in [0.15, 0.2) is 67.3 Å². The van der Waals surface area contributed by atoms with Crippen LogP contribution < -0.4 is 14.8 Å². The number of methoxy groups -OCH3 is 1. The molecule has 3 heterocycles. The Labute approximate surface area is 348 Å². The van der Waals surface area contributed by atoms with E-state index in [0.717, 1.165) is 42.0 Å². The number of hydrogen-bond donors (Lipinski definition) is 2. The lowest BCUT2D eigenvalue weighted by molar-refractivity contribution is -0.149. The van der Waals surface area contributed by atoms with Crippen molar-refractivity contribution in [1.29, 1.82) is 0 Å². The number of likely N-dealkylation sites (tertiary alicyclic amines) is 2.